The molecule has 1 aliphatic heterocycles. The van der Waals surface area contributed by atoms with Gasteiger partial charge in [-0.05, 0) is 48.7 Å². The molecule has 0 spiro atoms. The molecular weight excluding hydrogens is 372 g/mol. The molecule has 3 aromatic rings. The second kappa shape index (κ2) is 7.92. The number of benzene rings is 2. The SMILES string of the molecule is COc1ccc(C(O)C(=O)N2CCC[C@@H]2C(=O)Nc2ccc3[nH]ncc3c2)cc1. The van der Waals surface area contributed by atoms with Gasteiger partial charge in [0.15, 0.2) is 6.10 Å². The number of aliphatic hydroxyl groups is 1. The highest BCUT2D eigenvalue weighted by Gasteiger charge is 2.37. The Balaban J connectivity index is 1.46. The van der Waals surface area contributed by atoms with Crippen LogP contribution in [0, 0.1) is 0 Å². The zero-order chi connectivity index (χ0) is 20.4. The van der Waals surface area contributed by atoms with Crippen LogP contribution in [0.1, 0.15) is 24.5 Å². The highest BCUT2D eigenvalue weighted by Crippen LogP contribution is 2.26. The van der Waals surface area contributed by atoms with Crippen molar-refractivity contribution in [3.8, 4) is 5.75 Å². The van der Waals surface area contributed by atoms with Crippen LogP contribution in [0.5, 0.6) is 5.75 Å². The molecule has 1 fully saturated rings. The fourth-order valence-corrected chi connectivity index (χ4v) is 3.63. The maximum Gasteiger partial charge on any atom is 0.256 e. The summed E-state index contributed by atoms with van der Waals surface area (Å²) in [7, 11) is 1.55. The molecule has 0 bridgehead atoms. The lowest BCUT2D eigenvalue weighted by atomic mass is 10.1. The molecule has 8 nitrogen and oxygen atoms in total. The number of methoxy groups -OCH3 is 1. The molecule has 4 rings (SSSR count). The maximum absolute atomic E-state index is 12.9. The Hall–Kier alpha value is -3.39. The number of H-pyrrole nitrogens is 1. The number of aromatic amines is 1. The van der Waals surface area contributed by atoms with Crippen molar-refractivity contribution in [3.05, 3.63) is 54.2 Å². The monoisotopic (exact) mass is 394 g/mol. The van der Waals surface area contributed by atoms with E-state index in [4.69, 9.17) is 4.74 Å². The number of carbonyl (C=O) groups is 2. The zero-order valence-electron chi connectivity index (χ0n) is 16.0. The number of hydrogen-bond donors (Lipinski definition) is 3. The van der Waals surface area contributed by atoms with Crippen molar-refractivity contribution in [1.82, 2.24) is 15.1 Å². The fourth-order valence-electron chi connectivity index (χ4n) is 3.63. The van der Waals surface area contributed by atoms with Gasteiger partial charge in [-0.3, -0.25) is 14.7 Å². The number of aromatic nitrogens is 2. The van der Waals surface area contributed by atoms with Crippen LogP contribution in [-0.2, 0) is 9.59 Å². The number of carbonyl (C=O) groups excluding carboxylic acids is 2. The lowest BCUT2D eigenvalue weighted by Crippen LogP contribution is -2.45. The summed E-state index contributed by atoms with van der Waals surface area (Å²) in [6, 6.07) is 11.5. The van der Waals surface area contributed by atoms with Crippen LogP contribution in [0.25, 0.3) is 10.9 Å². The van der Waals surface area contributed by atoms with Crippen LogP contribution >= 0.6 is 0 Å². The smallest absolute Gasteiger partial charge is 0.256 e. The van der Waals surface area contributed by atoms with Gasteiger partial charge >= 0.3 is 0 Å². The van der Waals surface area contributed by atoms with E-state index in [1.165, 1.54) is 4.90 Å². The second-order valence-electron chi connectivity index (χ2n) is 7.03. The van der Waals surface area contributed by atoms with E-state index in [2.05, 4.69) is 15.5 Å². The summed E-state index contributed by atoms with van der Waals surface area (Å²) < 4.78 is 5.10. The second-order valence-corrected chi connectivity index (χ2v) is 7.03. The number of likely N-dealkylation sites (tertiary alicyclic amines) is 1. The molecular formula is C21H22N4O4. The predicted octanol–water partition coefficient (Wildman–Crippen LogP) is 2.23. The highest BCUT2D eigenvalue weighted by atomic mass is 16.5. The van der Waals surface area contributed by atoms with E-state index in [9.17, 15) is 14.7 Å². The Labute approximate surface area is 167 Å². The Morgan fingerprint density at radius 1 is 1.28 bits per heavy atom. The molecule has 0 saturated carbocycles. The number of ether oxygens (including phenoxy) is 1. The summed E-state index contributed by atoms with van der Waals surface area (Å²) in [6.07, 6.45) is 1.62. The van der Waals surface area contributed by atoms with Crippen LogP contribution in [0.3, 0.4) is 0 Å². The molecule has 1 aromatic heterocycles. The maximum atomic E-state index is 12.9. The van der Waals surface area contributed by atoms with Crippen LogP contribution in [0.15, 0.2) is 48.7 Å². The topological polar surface area (TPSA) is 108 Å². The first kappa shape index (κ1) is 18.9. The fraction of sp³-hybridized carbons (Fsp3) is 0.286. The van der Waals surface area contributed by atoms with Gasteiger partial charge in [-0.1, -0.05) is 12.1 Å². The first-order valence-corrected chi connectivity index (χ1v) is 9.43. The van der Waals surface area contributed by atoms with E-state index in [1.807, 2.05) is 12.1 Å². The lowest BCUT2D eigenvalue weighted by Gasteiger charge is -2.26. The molecule has 8 heteroatoms. The molecule has 29 heavy (non-hydrogen) atoms. The molecule has 150 valence electrons. The predicted molar refractivity (Wildman–Crippen MR) is 107 cm³/mol. The average molecular weight is 394 g/mol. The summed E-state index contributed by atoms with van der Waals surface area (Å²) in [6.45, 7) is 0.435. The van der Waals surface area contributed by atoms with Crippen LogP contribution in [-0.4, -0.2) is 51.7 Å². The molecule has 0 radical (unpaired) electrons. The summed E-state index contributed by atoms with van der Waals surface area (Å²) in [5.74, 6) is -0.0971. The molecule has 1 aliphatic rings. The summed E-state index contributed by atoms with van der Waals surface area (Å²) in [5.41, 5.74) is 1.98. The highest BCUT2D eigenvalue weighted by molar-refractivity contribution is 5.99. The molecule has 1 saturated heterocycles. The molecule has 2 atom stereocenters. The van der Waals surface area contributed by atoms with Gasteiger partial charge in [0, 0.05) is 17.6 Å². The van der Waals surface area contributed by atoms with Crippen LogP contribution in [0.4, 0.5) is 5.69 Å². The van der Waals surface area contributed by atoms with Crippen molar-refractivity contribution in [1.29, 1.82) is 0 Å². The van der Waals surface area contributed by atoms with E-state index in [0.717, 1.165) is 10.9 Å². The van der Waals surface area contributed by atoms with E-state index >= 15 is 0 Å². The third-order valence-electron chi connectivity index (χ3n) is 5.21. The van der Waals surface area contributed by atoms with Crippen LogP contribution in [0.2, 0.25) is 0 Å². The molecule has 2 amide bonds. The first-order valence-electron chi connectivity index (χ1n) is 9.43. The van der Waals surface area contributed by atoms with Crippen molar-refractivity contribution in [3.63, 3.8) is 0 Å². The van der Waals surface area contributed by atoms with Gasteiger partial charge in [0.25, 0.3) is 5.91 Å². The summed E-state index contributed by atoms with van der Waals surface area (Å²) in [5, 5.41) is 21.1. The van der Waals surface area contributed by atoms with Crippen molar-refractivity contribution in [2.45, 2.75) is 25.0 Å². The molecule has 2 aromatic carbocycles. The number of fused-ring (bicyclic) bond motifs is 1. The van der Waals surface area contributed by atoms with E-state index in [-0.39, 0.29) is 5.91 Å². The number of amides is 2. The number of aliphatic hydroxyl groups excluding tert-OH is 1. The Bertz CT molecular complexity index is 1030. The van der Waals surface area contributed by atoms with E-state index in [1.54, 1.807) is 43.6 Å². The van der Waals surface area contributed by atoms with Gasteiger partial charge in [0.1, 0.15) is 11.8 Å². The number of rotatable bonds is 5. The number of nitrogens with zero attached hydrogens (tertiary/aromatic N) is 2. The standard InChI is InChI=1S/C21H22N4O4/c1-29-16-7-4-13(5-8-16)19(26)21(28)25-10-2-3-18(25)20(27)23-15-6-9-17-14(11-15)12-22-24-17/h4-9,11-12,18-19,26H,2-3,10H2,1H3,(H,22,24)(H,23,27)/t18-,19?/m1/s1. The number of anilines is 1. The number of nitrogens with one attached hydrogen (secondary N) is 2. The Morgan fingerprint density at radius 3 is 2.83 bits per heavy atom. The van der Waals surface area contributed by atoms with Crippen molar-refractivity contribution in [2.24, 2.45) is 0 Å². The minimum absolute atomic E-state index is 0.263. The van der Waals surface area contributed by atoms with Gasteiger partial charge in [-0.15, -0.1) is 0 Å². The molecule has 3 N–H and O–H groups in total. The molecule has 0 aliphatic carbocycles. The van der Waals surface area contributed by atoms with E-state index < -0.39 is 18.1 Å². The Morgan fingerprint density at radius 2 is 2.07 bits per heavy atom. The van der Waals surface area contributed by atoms with Crippen LogP contribution < -0.4 is 10.1 Å². The normalized spacial score (nSPS) is 17.3. The van der Waals surface area contributed by atoms with E-state index in [0.29, 0.717) is 36.4 Å². The minimum Gasteiger partial charge on any atom is -0.497 e. The van der Waals surface area contributed by atoms with Crippen molar-refractivity contribution in [2.75, 3.05) is 19.0 Å². The lowest BCUT2D eigenvalue weighted by molar-refractivity contribution is -0.144. The van der Waals surface area contributed by atoms with Crippen molar-refractivity contribution >= 4 is 28.4 Å². The van der Waals surface area contributed by atoms with Gasteiger partial charge in [0.05, 0.1) is 18.8 Å². The van der Waals surface area contributed by atoms with Gasteiger partial charge in [0.2, 0.25) is 5.91 Å². The zero-order valence-corrected chi connectivity index (χ0v) is 16.0. The molecule has 1 unspecified atom stereocenters. The minimum atomic E-state index is -1.32. The summed E-state index contributed by atoms with van der Waals surface area (Å²) in [4.78, 5) is 27.1. The van der Waals surface area contributed by atoms with Gasteiger partial charge in [-0.25, -0.2) is 0 Å². The number of hydrogen-bond acceptors (Lipinski definition) is 5. The third kappa shape index (κ3) is 3.79. The third-order valence-corrected chi connectivity index (χ3v) is 5.21. The molecule has 2 heterocycles. The largest absolute Gasteiger partial charge is 0.497 e. The first-order chi connectivity index (χ1) is 14.1. The summed E-state index contributed by atoms with van der Waals surface area (Å²) >= 11 is 0. The van der Waals surface area contributed by atoms with Crippen molar-refractivity contribution < 1.29 is 19.4 Å². The van der Waals surface area contributed by atoms with Gasteiger partial charge < -0.3 is 20.1 Å². The Kier molecular flexibility index (Phi) is 5.18. The quantitative estimate of drug-likeness (QED) is 0.615. The average Bonchev–Trinajstić information content (AvgIpc) is 3.42. The van der Waals surface area contributed by atoms with Gasteiger partial charge in [-0.2, -0.15) is 5.10 Å².